The quantitative estimate of drug-likeness (QED) is 0.764. The lowest BCUT2D eigenvalue weighted by atomic mass is 10.1. The minimum atomic E-state index is -0.573. The van der Waals surface area contributed by atoms with Gasteiger partial charge in [0.2, 0.25) is 5.91 Å². The molecule has 0 aliphatic rings. The van der Waals surface area contributed by atoms with Crippen LogP contribution in [-0.2, 0) is 0 Å². The normalized spacial score (nSPS) is 12.1. The van der Waals surface area contributed by atoms with E-state index in [0.29, 0.717) is 17.3 Å². The number of aromatic nitrogens is 1. The lowest BCUT2D eigenvalue weighted by Crippen LogP contribution is -2.14. The van der Waals surface area contributed by atoms with Crippen molar-refractivity contribution >= 4 is 34.7 Å². The molecule has 0 spiro atoms. The van der Waals surface area contributed by atoms with Gasteiger partial charge in [-0.05, 0) is 23.9 Å². The second-order valence-corrected chi connectivity index (χ2v) is 5.53. The Kier molecular flexibility index (Phi) is 4.94. The summed E-state index contributed by atoms with van der Waals surface area (Å²) in [6.07, 6.45) is 1.91. The second-order valence-electron chi connectivity index (χ2n) is 4.14. The van der Waals surface area contributed by atoms with Gasteiger partial charge in [-0.2, -0.15) is 0 Å². The van der Waals surface area contributed by atoms with Gasteiger partial charge in [-0.15, -0.1) is 11.3 Å². The van der Waals surface area contributed by atoms with Crippen LogP contribution in [0.25, 0.3) is 0 Å². The van der Waals surface area contributed by atoms with Gasteiger partial charge in [0, 0.05) is 17.7 Å². The van der Waals surface area contributed by atoms with Gasteiger partial charge in [0.15, 0.2) is 0 Å². The van der Waals surface area contributed by atoms with Crippen LogP contribution in [0.1, 0.15) is 27.7 Å². The van der Waals surface area contributed by atoms with E-state index in [1.807, 2.05) is 17.5 Å². The second kappa shape index (κ2) is 6.69. The van der Waals surface area contributed by atoms with Crippen molar-refractivity contribution in [3.63, 3.8) is 0 Å². The Bertz CT molecular complexity index is 589. The number of primary amides is 1. The summed E-state index contributed by atoms with van der Waals surface area (Å²) in [4.78, 5) is 16.2. The van der Waals surface area contributed by atoms with Crippen LogP contribution in [0.5, 0.6) is 0 Å². The van der Waals surface area contributed by atoms with Crippen LogP contribution in [0.15, 0.2) is 29.8 Å². The van der Waals surface area contributed by atoms with Crippen molar-refractivity contribution in [3.05, 3.63) is 45.2 Å². The summed E-state index contributed by atoms with van der Waals surface area (Å²) < 4.78 is 0. The van der Waals surface area contributed by atoms with Crippen LogP contribution in [0.4, 0.5) is 5.82 Å². The molecule has 0 fully saturated rings. The van der Waals surface area contributed by atoms with E-state index in [9.17, 15) is 4.79 Å². The first kappa shape index (κ1) is 14.8. The van der Waals surface area contributed by atoms with Crippen molar-refractivity contribution in [2.24, 2.45) is 5.73 Å². The van der Waals surface area contributed by atoms with Crippen LogP contribution in [0.2, 0.25) is 5.02 Å². The largest absolute Gasteiger partial charge is 0.396 e. The molecule has 0 saturated carbocycles. The van der Waals surface area contributed by atoms with Gasteiger partial charge >= 0.3 is 0 Å². The number of halogens is 1. The number of nitrogens with zero attached hydrogens (tertiary/aromatic N) is 1. The van der Waals surface area contributed by atoms with Crippen molar-refractivity contribution in [1.82, 2.24) is 4.98 Å². The molecule has 0 bridgehead atoms. The molecule has 20 heavy (non-hydrogen) atoms. The molecule has 0 saturated heterocycles. The van der Waals surface area contributed by atoms with Crippen LogP contribution < -0.4 is 11.1 Å². The molecule has 1 atom stereocenters. The Morgan fingerprint density at radius 3 is 2.95 bits per heavy atom. The predicted molar refractivity (Wildman–Crippen MR) is 80.2 cm³/mol. The van der Waals surface area contributed by atoms with E-state index in [4.69, 9.17) is 22.4 Å². The van der Waals surface area contributed by atoms with E-state index in [2.05, 4.69) is 10.3 Å². The third-order valence-electron chi connectivity index (χ3n) is 2.74. The first-order valence-corrected chi connectivity index (χ1v) is 7.23. The van der Waals surface area contributed by atoms with Gasteiger partial charge in [-0.1, -0.05) is 17.7 Å². The monoisotopic (exact) mass is 311 g/mol. The van der Waals surface area contributed by atoms with Gasteiger partial charge in [0.25, 0.3) is 0 Å². The molecule has 1 unspecified atom stereocenters. The van der Waals surface area contributed by atoms with E-state index < -0.39 is 5.91 Å². The molecule has 2 rings (SSSR count). The van der Waals surface area contributed by atoms with Crippen LogP contribution in [0.3, 0.4) is 0 Å². The number of hydrogen-bond donors (Lipinski definition) is 3. The van der Waals surface area contributed by atoms with Crippen molar-refractivity contribution in [3.8, 4) is 0 Å². The molecule has 7 heteroatoms. The number of anilines is 1. The highest BCUT2D eigenvalue weighted by molar-refractivity contribution is 7.10. The lowest BCUT2D eigenvalue weighted by Gasteiger charge is -2.18. The number of nitrogens with one attached hydrogen (secondary N) is 1. The van der Waals surface area contributed by atoms with E-state index in [1.165, 1.54) is 12.3 Å². The number of aliphatic hydroxyl groups is 1. The molecule has 5 nitrogen and oxygen atoms in total. The standard InChI is InChI=1S/C13H14ClN3O2S/c14-9-6-8(12(15)19)7-16-13(9)17-10(3-4-18)11-2-1-5-20-11/h1-2,5-7,10,18H,3-4H2,(H2,15,19)(H,16,17). The lowest BCUT2D eigenvalue weighted by molar-refractivity contribution is 0.1000. The molecule has 1 amide bonds. The number of hydrogen-bond acceptors (Lipinski definition) is 5. The van der Waals surface area contributed by atoms with E-state index in [0.717, 1.165) is 4.88 Å². The number of carbonyl (C=O) groups excluding carboxylic acids is 1. The summed E-state index contributed by atoms with van der Waals surface area (Å²) in [7, 11) is 0. The Morgan fingerprint density at radius 2 is 2.40 bits per heavy atom. The number of thiophene rings is 1. The summed E-state index contributed by atoms with van der Waals surface area (Å²) in [5.41, 5.74) is 5.43. The van der Waals surface area contributed by atoms with Crippen molar-refractivity contribution < 1.29 is 9.90 Å². The summed E-state index contributed by atoms with van der Waals surface area (Å²) in [5, 5.41) is 14.6. The molecule has 4 N–H and O–H groups in total. The zero-order valence-corrected chi connectivity index (χ0v) is 12.1. The fourth-order valence-electron chi connectivity index (χ4n) is 1.75. The van der Waals surface area contributed by atoms with E-state index in [1.54, 1.807) is 11.3 Å². The Hall–Kier alpha value is -1.63. The van der Waals surface area contributed by atoms with Crippen molar-refractivity contribution in [1.29, 1.82) is 0 Å². The molecule has 2 aromatic heterocycles. The molecule has 2 aromatic rings. The maximum Gasteiger partial charge on any atom is 0.250 e. The van der Waals surface area contributed by atoms with Gasteiger partial charge < -0.3 is 16.2 Å². The number of nitrogens with two attached hydrogens (primary N) is 1. The molecule has 0 radical (unpaired) electrons. The number of pyridine rings is 1. The summed E-state index contributed by atoms with van der Waals surface area (Å²) in [5.74, 6) is -0.111. The number of rotatable bonds is 6. The zero-order chi connectivity index (χ0) is 14.5. The number of aliphatic hydroxyl groups excluding tert-OH is 1. The third kappa shape index (κ3) is 3.47. The first-order valence-electron chi connectivity index (χ1n) is 5.98. The average molecular weight is 312 g/mol. The molecule has 0 aliphatic carbocycles. The fourth-order valence-corrected chi connectivity index (χ4v) is 2.78. The molecule has 0 aromatic carbocycles. The van der Waals surface area contributed by atoms with Crippen LogP contribution in [-0.4, -0.2) is 22.6 Å². The SMILES string of the molecule is NC(=O)c1cnc(NC(CCO)c2cccs2)c(Cl)c1. The zero-order valence-electron chi connectivity index (χ0n) is 10.5. The molecule has 0 aliphatic heterocycles. The fraction of sp³-hybridized carbons (Fsp3) is 0.231. The maximum absolute atomic E-state index is 11.0. The minimum Gasteiger partial charge on any atom is -0.396 e. The molecule has 2 heterocycles. The first-order chi connectivity index (χ1) is 9.61. The topological polar surface area (TPSA) is 88.2 Å². The van der Waals surface area contributed by atoms with Crippen LogP contribution in [0, 0.1) is 0 Å². The molecule has 106 valence electrons. The van der Waals surface area contributed by atoms with Gasteiger partial charge in [0.05, 0.1) is 16.6 Å². The van der Waals surface area contributed by atoms with Gasteiger partial charge in [0.1, 0.15) is 5.82 Å². The van der Waals surface area contributed by atoms with E-state index in [-0.39, 0.29) is 18.2 Å². The smallest absolute Gasteiger partial charge is 0.250 e. The van der Waals surface area contributed by atoms with Crippen LogP contribution >= 0.6 is 22.9 Å². The third-order valence-corrected chi connectivity index (χ3v) is 4.02. The Balaban J connectivity index is 2.21. The minimum absolute atomic E-state index is 0.0482. The average Bonchev–Trinajstić information content (AvgIpc) is 2.94. The Morgan fingerprint density at radius 1 is 1.60 bits per heavy atom. The number of carbonyl (C=O) groups is 1. The molecular formula is C13H14ClN3O2S. The van der Waals surface area contributed by atoms with Crippen molar-refractivity contribution in [2.75, 3.05) is 11.9 Å². The maximum atomic E-state index is 11.0. The highest BCUT2D eigenvalue weighted by Crippen LogP contribution is 2.29. The van der Waals surface area contributed by atoms with Gasteiger partial charge in [-0.3, -0.25) is 4.79 Å². The van der Waals surface area contributed by atoms with Gasteiger partial charge in [-0.25, -0.2) is 4.98 Å². The van der Waals surface area contributed by atoms with Crippen molar-refractivity contribution in [2.45, 2.75) is 12.5 Å². The summed E-state index contributed by atoms with van der Waals surface area (Å²) >= 11 is 7.67. The highest BCUT2D eigenvalue weighted by Gasteiger charge is 2.15. The highest BCUT2D eigenvalue weighted by atomic mass is 35.5. The summed E-state index contributed by atoms with van der Waals surface area (Å²) in [6.45, 7) is 0.0482. The Labute approximate surface area is 125 Å². The summed E-state index contributed by atoms with van der Waals surface area (Å²) in [6, 6.07) is 5.31. The van der Waals surface area contributed by atoms with E-state index >= 15 is 0 Å². The number of amides is 1. The molecular weight excluding hydrogens is 298 g/mol. The predicted octanol–water partition coefficient (Wildman–Crippen LogP) is 2.43.